The van der Waals surface area contributed by atoms with Gasteiger partial charge in [-0.25, -0.2) is 0 Å². The molecular weight excluding hydrogens is 390 g/mol. The third kappa shape index (κ3) is 4.94. The summed E-state index contributed by atoms with van der Waals surface area (Å²) in [6.07, 6.45) is 2.14. The van der Waals surface area contributed by atoms with E-state index in [1.165, 1.54) is 21.2 Å². The number of hydrogen-bond donors (Lipinski definition) is 1. The summed E-state index contributed by atoms with van der Waals surface area (Å²) in [7, 11) is 0. The van der Waals surface area contributed by atoms with Crippen molar-refractivity contribution in [2.45, 2.75) is 32.7 Å². The van der Waals surface area contributed by atoms with Crippen molar-refractivity contribution < 1.29 is 0 Å². The van der Waals surface area contributed by atoms with Crippen molar-refractivity contribution >= 4 is 31.9 Å². The highest BCUT2D eigenvalue weighted by Crippen LogP contribution is 2.25. The monoisotopic (exact) mass is 409 g/mol. The van der Waals surface area contributed by atoms with Gasteiger partial charge in [0.15, 0.2) is 0 Å². The minimum absolute atomic E-state index is 0.344. The van der Waals surface area contributed by atoms with Crippen molar-refractivity contribution in [2.24, 2.45) is 0 Å². The lowest BCUT2D eigenvalue weighted by atomic mass is 9.98. The Labute approximate surface area is 144 Å². The maximum Gasteiger partial charge on any atom is 0.0361 e. The Balaban J connectivity index is 2.22. The van der Waals surface area contributed by atoms with Crippen LogP contribution in [0.1, 0.15) is 36.1 Å². The maximum atomic E-state index is 3.66. The van der Waals surface area contributed by atoms with Gasteiger partial charge < -0.3 is 5.32 Å². The minimum atomic E-state index is 0.344. The van der Waals surface area contributed by atoms with E-state index in [1.807, 2.05) is 0 Å². The Morgan fingerprint density at radius 1 is 1.10 bits per heavy atom. The van der Waals surface area contributed by atoms with Crippen molar-refractivity contribution in [1.29, 1.82) is 0 Å². The fourth-order valence-electron chi connectivity index (χ4n) is 2.35. The summed E-state index contributed by atoms with van der Waals surface area (Å²) >= 11 is 7.20. The highest BCUT2D eigenvalue weighted by molar-refractivity contribution is 9.10. The molecule has 112 valence electrons. The van der Waals surface area contributed by atoms with E-state index in [2.05, 4.69) is 93.5 Å². The van der Waals surface area contributed by atoms with Crippen molar-refractivity contribution in [3.8, 4) is 0 Å². The lowest BCUT2D eigenvalue weighted by Gasteiger charge is -2.20. The van der Waals surface area contributed by atoms with Crippen LogP contribution in [-0.2, 0) is 6.42 Å². The second-order valence-corrected chi connectivity index (χ2v) is 7.12. The van der Waals surface area contributed by atoms with Crippen LogP contribution in [-0.4, -0.2) is 6.54 Å². The maximum absolute atomic E-state index is 3.66. The van der Waals surface area contributed by atoms with Gasteiger partial charge in [-0.1, -0.05) is 63.0 Å². The quantitative estimate of drug-likeness (QED) is 0.634. The van der Waals surface area contributed by atoms with Crippen molar-refractivity contribution in [3.05, 3.63) is 68.1 Å². The molecule has 1 nitrogen and oxygen atoms in total. The molecule has 0 aliphatic carbocycles. The highest BCUT2D eigenvalue weighted by atomic mass is 79.9. The Hall–Kier alpha value is -0.640. The third-order valence-corrected chi connectivity index (χ3v) is 4.92. The van der Waals surface area contributed by atoms with Crippen LogP contribution < -0.4 is 5.32 Å². The molecule has 0 radical (unpaired) electrons. The topological polar surface area (TPSA) is 12.0 Å². The summed E-state index contributed by atoms with van der Waals surface area (Å²) in [5, 5.41) is 3.66. The van der Waals surface area contributed by atoms with Gasteiger partial charge in [0.1, 0.15) is 0 Å². The second-order valence-electron chi connectivity index (χ2n) is 5.35. The molecule has 0 spiro atoms. The van der Waals surface area contributed by atoms with Gasteiger partial charge >= 0.3 is 0 Å². The van der Waals surface area contributed by atoms with E-state index in [1.54, 1.807) is 0 Å². The minimum Gasteiger partial charge on any atom is -0.310 e. The number of aryl methyl sites for hydroxylation is 1. The van der Waals surface area contributed by atoms with Crippen LogP contribution >= 0.6 is 31.9 Å². The molecule has 0 bridgehead atoms. The van der Waals surface area contributed by atoms with Gasteiger partial charge in [-0.15, -0.1) is 0 Å². The first kappa shape index (κ1) is 16.7. The van der Waals surface area contributed by atoms with Crippen molar-refractivity contribution in [2.75, 3.05) is 6.54 Å². The molecule has 0 saturated carbocycles. The van der Waals surface area contributed by atoms with Crippen LogP contribution in [0, 0.1) is 6.92 Å². The number of benzene rings is 2. The van der Waals surface area contributed by atoms with Gasteiger partial charge in [-0.3, -0.25) is 0 Å². The van der Waals surface area contributed by atoms with Crippen LogP contribution in [0.25, 0.3) is 0 Å². The van der Waals surface area contributed by atoms with Crippen LogP contribution in [0.5, 0.6) is 0 Å². The summed E-state index contributed by atoms with van der Waals surface area (Å²) in [6.45, 7) is 5.36. The molecule has 0 saturated heterocycles. The largest absolute Gasteiger partial charge is 0.310 e. The molecule has 2 aromatic rings. The van der Waals surface area contributed by atoms with Gasteiger partial charge in [0.2, 0.25) is 0 Å². The zero-order chi connectivity index (χ0) is 15.2. The smallest absolute Gasteiger partial charge is 0.0361 e. The Kier molecular flexibility index (Phi) is 6.46. The standard InChI is InChI=1S/C18H21Br2N/c1-3-9-21-18(11-14-5-4-6-16(19)10-14)15-8-7-13(2)17(20)12-15/h4-8,10,12,18,21H,3,9,11H2,1-2H3. The lowest BCUT2D eigenvalue weighted by Crippen LogP contribution is -2.24. The predicted octanol–water partition coefficient (Wildman–Crippen LogP) is 5.80. The van der Waals surface area contributed by atoms with Crippen LogP contribution in [0.15, 0.2) is 51.4 Å². The van der Waals surface area contributed by atoms with Crippen LogP contribution in [0.3, 0.4) is 0 Å². The molecule has 1 N–H and O–H groups in total. The number of hydrogen-bond acceptors (Lipinski definition) is 1. The summed E-state index contributed by atoms with van der Waals surface area (Å²) < 4.78 is 2.32. The Morgan fingerprint density at radius 3 is 2.57 bits per heavy atom. The number of nitrogens with one attached hydrogen (secondary N) is 1. The summed E-state index contributed by atoms with van der Waals surface area (Å²) in [4.78, 5) is 0. The first-order valence-corrected chi connectivity index (χ1v) is 8.92. The molecule has 0 amide bonds. The Morgan fingerprint density at radius 2 is 1.90 bits per heavy atom. The average molecular weight is 411 g/mol. The zero-order valence-corrected chi connectivity index (χ0v) is 15.7. The lowest BCUT2D eigenvalue weighted by molar-refractivity contribution is 0.529. The summed E-state index contributed by atoms with van der Waals surface area (Å²) in [5.41, 5.74) is 3.95. The second kappa shape index (κ2) is 8.11. The molecule has 1 atom stereocenters. The first-order valence-electron chi connectivity index (χ1n) is 7.34. The molecule has 2 aromatic carbocycles. The first-order chi connectivity index (χ1) is 10.1. The van der Waals surface area contributed by atoms with E-state index in [-0.39, 0.29) is 0 Å². The predicted molar refractivity (Wildman–Crippen MR) is 97.8 cm³/mol. The van der Waals surface area contributed by atoms with Gasteiger partial charge in [0, 0.05) is 15.0 Å². The van der Waals surface area contributed by atoms with Gasteiger partial charge in [0.25, 0.3) is 0 Å². The normalized spacial score (nSPS) is 12.4. The molecule has 0 aliphatic rings. The third-order valence-electron chi connectivity index (χ3n) is 3.57. The van der Waals surface area contributed by atoms with Crippen LogP contribution in [0.4, 0.5) is 0 Å². The van der Waals surface area contributed by atoms with E-state index in [4.69, 9.17) is 0 Å². The number of rotatable bonds is 6. The Bertz CT molecular complexity index is 596. The van der Waals surface area contributed by atoms with E-state index in [0.717, 1.165) is 23.9 Å². The van der Waals surface area contributed by atoms with Gasteiger partial charge in [-0.05, 0) is 61.2 Å². The van der Waals surface area contributed by atoms with Crippen molar-refractivity contribution in [1.82, 2.24) is 5.32 Å². The molecular formula is C18H21Br2N. The molecule has 0 fully saturated rings. The summed E-state index contributed by atoms with van der Waals surface area (Å²) in [6, 6.07) is 15.5. The highest BCUT2D eigenvalue weighted by Gasteiger charge is 2.12. The summed E-state index contributed by atoms with van der Waals surface area (Å²) in [5.74, 6) is 0. The molecule has 0 aliphatic heterocycles. The average Bonchev–Trinajstić information content (AvgIpc) is 2.46. The van der Waals surface area contributed by atoms with Gasteiger partial charge in [0.05, 0.1) is 0 Å². The molecule has 0 heterocycles. The fourth-order valence-corrected chi connectivity index (χ4v) is 3.20. The molecule has 3 heteroatoms. The molecule has 2 rings (SSSR count). The van der Waals surface area contributed by atoms with E-state index >= 15 is 0 Å². The van der Waals surface area contributed by atoms with Gasteiger partial charge in [-0.2, -0.15) is 0 Å². The van der Waals surface area contributed by atoms with E-state index < -0.39 is 0 Å². The SMILES string of the molecule is CCCNC(Cc1cccc(Br)c1)c1ccc(C)c(Br)c1. The zero-order valence-electron chi connectivity index (χ0n) is 12.5. The molecule has 1 unspecified atom stereocenters. The van der Waals surface area contributed by atoms with Crippen LogP contribution in [0.2, 0.25) is 0 Å². The van der Waals surface area contributed by atoms with Crippen molar-refractivity contribution in [3.63, 3.8) is 0 Å². The fraction of sp³-hybridized carbons (Fsp3) is 0.333. The molecule has 0 aromatic heterocycles. The number of halogens is 2. The van der Waals surface area contributed by atoms with E-state index in [0.29, 0.717) is 6.04 Å². The van der Waals surface area contributed by atoms with E-state index in [9.17, 15) is 0 Å². The molecule has 21 heavy (non-hydrogen) atoms.